The Labute approximate surface area is 346 Å². The van der Waals surface area contributed by atoms with Crippen molar-refractivity contribution in [2.24, 2.45) is 0 Å². The number of fused-ring (bicyclic) bond motifs is 9. The Hall–Kier alpha value is -7.32. The van der Waals surface area contributed by atoms with Crippen molar-refractivity contribution in [2.45, 2.75) is 0 Å². The van der Waals surface area contributed by atoms with Crippen molar-refractivity contribution in [1.82, 2.24) is 0 Å². The van der Waals surface area contributed by atoms with Crippen LogP contribution in [0.5, 0.6) is 0 Å². The van der Waals surface area contributed by atoms with Crippen LogP contribution in [0, 0.1) is 0 Å². The van der Waals surface area contributed by atoms with E-state index in [0.717, 1.165) is 0 Å². The second-order valence-electron chi connectivity index (χ2n) is 15.7. The zero-order valence-electron chi connectivity index (χ0n) is 32.2. The molecule has 0 nitrogen and oxygen atoms in total. The minimum atomic E-state index is 1.21. The standard InChI is InChI=1S/C58H36S/c1-3-9-37(10-4-1)39-19-24-51-44(29-39)15-17-46-31-41(21-26-53(46)51)48-33-49(35-50(34-48)43-23-28-58-56(36-43)55-13-7-8-14-57(55)59-58)42-22-27-54-47(32-42)18-16-45-30-40(20-25-52(45)54)38-11-5-2-6-12-38/h1-36H. The first-order valence-corrected chi connectivity index (χ1v) is 21.1. The van der Waals surface area contributed by atoms with Crippen LogP contribution in [0.1, 0.15) is 0 Å². The molecule has 0 bridgehead atoms. The lowest BCUT2D eigenvalue weighted by atomic mass is 9.90. The van der Waals surface area contributed by atoms with E-state index in [4.69, 9.17) is 0 Å². The average molecular weight is 765 g/mol. The molecule has 1 heteroatoms. The minimum absolute atomic E-state index is 1.21. The normalized spacial score (nSPS) is 11.7. The molecule has 0 radical (unpaired) electrons. The van der Waals surface area contributed by atoms with E-state index in [1.165, 1.54) is 119 Å². The predicted molar refractivity (Wildman–Crippen MR) is 257 cm³/mol. The second kappa shape index (κ2) is 13.7. The molecule has 0 aliphatic carbocycles. The van der Waals surface area contributed by atoms with Crippen molar-refractivity contribution in [3.8, 4) is 55.6 Å². The Morgan fingerprint density at radius 2 is 0.542 bits per heavy atom. The first kappa shape index (κ1) is 33.8. The summed E-state index contributed by atoms with van der Waals surface area (Å²) in [5, 5.41) is 12.7. The van der Waals surface area contributed by atoms with Crippen molar-refractivity contribution in [3.63, 3.8) is 0 Å². The van der Waals surface area contributed by atoms with Gasteiger partial charge >= 0.3 is 0 Å². The molecule has 0 saturated carbocycles. The molecule has 11 aromatic carbocycles. The van der Waals surface area contributed by atoms with Gasteiger partial charge in [0.15, 0.2) is 0 Å². The van der Waals surface area contributed by atoms with Crippen LogP contribution in [0.2, 0.25) is 0 Å². The number of rotatable bonds is 5. The monoisotopic (exact) mass is 764 g/mol. The number of hydrogen-bond donors (Lipinski definition) is 0. The summed E-state index contributed by atoms with van der Waals surface area (Å²) in [6.07, 6.45) is 0. The second-order valence-corrected chi connectivity index (χ2v) is 16.8. The van der Waals surface area contributed by atoms with E-state index in [2.05, 4.69) is 218 Å². The van der Waals surface area contributed by atoms with E-state index in [9.17, 15) is 0 Å². The van der Waals surface area contributed by atoms with Gasteiger partial charge in [0.05, 0.1) is 0 Å². The van der Waals surface area contributed by atoms with Gasteiger partial charge in [-0.25, -0.2) is 0 Å². The van der Waals surface area contributed by atoms with Crippen LogP contribution in [0.15, 0.2) is 218 Å². The Morgan fingerprint density at radius 3 is 1.00 bits per heavy atom. The van der Waals surface area contributed by atoms with Crippen molar-refractivity contribution < 1.29 is 0 Å². The van der Waals surface area contributed by atoms with Crippen LogP contribution < -0.4 is 0 Å². The Kier molecular flexibility index (Phi) is 7.82. The molecule has 0 aliphatic heterocycles. The van der Waals surface area contributed by atoms with Crippen LogP contribution in [0.3, 0.4) is 0 Å². The van der Waals surface area contributed by atoms with Gasteiger partial charge in [-0.15, -0.1) is 11.3 Å². The first-order chi connectivity index (χ1) is 29.2. The molecule has 0 saturated heterocycles. The van der Waals surface area contributed by atoms with Crippen LogP contribution in [-0.4, -0.2) is 0 Å². The zero-order valence-corrected chi connectivity index (χ0v) is 33.0. The summed E-state index contributed by atoms with van der Waals surface area (Å²) in [5.74, 6) is 0. The van der Waals surface area contributed by atoms with Crippen molar-refractivity contribution in [3.05, 3.63) is 218 Å². The predicted octanol–water partition coefficient (Wildman–Crippen LogP) is 17.0. The van der Waals surface area contributed by atoms with E-state index in [-0.39, 0.29) is 0 Å². The fourth-order valence-electron chi connectivity index (χ4n) is 9.16. The molecule has 0 spiro atoms. The van der Waals surface area contributed by atoms with Crippen molar-refractivity contribution in [1.29, 1.82) is 0 Å². The highest BCUT2D eigenvalue weighted by atomic mass is 32.1. The van der Waals surface area contributed by atoms with Gasteiger partial charge < -0.3 is 0 Å². The topological polar surface area (TPSA) is 0 Å². The van der Waals surface area contributed by atoms with Crippen molar-refractivity contribution >= 4 is 74.6 Å². The van der Waals surface area contributed by atoms with E-state index >= 15 is 0 Å². The van der Waals surface area contributed by atoms with E-state index in [0.29, 0.717) is 0 Å². The molecule has 0 fully saturated rings. The van der Waals surface area contributed by atoms with Crippen LogP contribution in [0.4, 0.5) is 0 Å². The summed E-state index contributed by atoms with van der Waals surface area (Å²) in [6.45, 7) is 0. The summed E-state index contributed by atoms with van der Waals surface area (Å²) in [7, 11) is 0. The smallest absolute Gasteiger partial charge is 0.0355 e. The Morgan fingerprint density at radius 1 is 0.186 bits per heavy atom. The third-order valence-electron chi connectivity index (χ3n) is 12.2. The fraction of sp³-hybridized carbons (Fsp3) is 0. The van der Waals surface area contributed by atoms with Crippen LogP contribution in [-0.2, 0) is 0 Å². The molecule has 0 N–H and O–H groups in total. The van der Waals surface area contributed by atoms with Crippen molar-refractivity contribution in [2.75, 3.05) is 0 Å². The summed E-state index contributed by atoms with van der Waals surface area (Å²) in [4.78, 5) is 0. The third-order valence-corrected chi connectivity index (χ3v) is 13.3. The first-order valence-electron chi connectivity index (χ1n) is 20.3. The molecule has 0 amide bonds. The maximum Gasteiger partial charge on any atom is 0.0355 e. The molecule has 12 rings (SSSR count). The molecular weight excluding hydrogens is 729 g/mol. The SMILES string of the molecule is c1ccc(-c2ccc3c(ccc4cc(-c5cc(-c6ccc7c(ccc8cc(-c9ccccc9)ccc87)c6)cc(-c6ccc7sc8ccccc8c7c6)c5)ccc43)c2)cc1. The molecule has 274 valence electrons. The zero-order chi connectivity index (χ0) is 38.9. The Balaban J connectivity index is 0.993. The molecule has 0 aliphatic rings. The summed E-state index contributed by atoms with van der Waals surface area (Å²) >= 11 is 1.87. The lowest BCUT2D eigenvalue weighted by Crippen LogP contribution is -1.88. The molecule has 1 aromatic heterocycles. The lowest BCUT2D eigenvalue weighted by molar-refractivity contribution is 1.60. The van der Waals surface area contributed by atoms with Gasteiger partial charge in [0.2, 0.25) is 0 Å². The molecule has 12 aromatic rings. The maximum atomic E-state index is 2.39. The van der Waals surface area contributed by atoms with Gasteiger partial charge in [-0.3, -0.25) is 0 Å². The summed E-state index contributed by atoms with van der Waals surface area (Å²) in [6, 6.07) is 81.0. The van der Waals surface area contributed by atoms with Crippen LogP contribution in [0.25, 0.3) is 119 Å². The largest absolute Gasteiger partial charge is 0.135 e. The minimum Gasteiger partial charge on any atom is -0.135 e. The van der Waals surface area contributed by atoms with E-state index in [1.54, 1.807) is 0 Å². The number of hydrogen-bond acceptors (Lipinski definition) is 1. The third kappa shape index (κ3) is 5.90. The number of benzene rings is 11. The van der Waals surface area contributed by atoms with Crippen LogP contribution >= 0.6 is 11.3 Å². The fourth-order valence-corrected chi connectivity index (χ4v) is 10.2. The van der Waals surface area contributed by atoms with Gasteiger partial charge in [0, 0.05) is 20.2 Å². The van der Waals surface area contributed by atoms with Gasteiger partial charge in [0.25, 0.3) is 0 Å². The highest BCUT2D eigenvalue weighted by Crippen LogP contribution is 2.41. The molecule has 0 unspecified atom stereocenters. The van der Waals surface area contributed by atoms with Gasteiger partial charge in [-0.05, 0) is 159 Å². The summed E-state index contributed by atoms with van der Waals surface area (Å²) < 4.78 is 2.65. The molecule has 59 heavy (non-hydrogen) atoms. The van der Waals surface area contributed by atoms with E-state index in [1.807, 2.05) is 11.3 Å². The van der Waals surface area contributed by atoms with Gasteiger partial charge in [-0.1, -0.05) is 158 Å². The molecular formula is C58H36S. The highest BCUT2D eigenvalue weighted by molar-refractivity contribution is 7.25. The van der Waals surface area contributed by atoms with Gasteiger partial charge in [-0.2, -0.15) is 0 Å². The van der Waals surface area contributed by atoms with Gasteiger partial charge in [0.1, 0.15) is 0 Å². The molecule has 0 atom stereocenters. The highest BCUT2D eigenvalue weighted by Gasteiger charge is 2.13. The quantitative estimate of drug-likeness (QED) is 0.153. The molecule has 1 heterocycles. The lowest BCUT2D eigenvalue weighted by Gasteiger charge is -2.14. The number of thiophene rings is 1. The van der Waals surface area contributed by atoms with E-state index < -0.39 is 0 Å². The summed E-state index contributed by atoms with van der Waals surface area (Å²) in [5.41, 5.74) is 12.3. The average Bonchev–Trinajstić information content (AvgIpc) is 3.69. The maximum absolute atomic E-state index is 2.39. The Bertz CT molecular complexity index is 3410.